The van der Waals surface area contributed by atoms with Gasteiger partial charge in [0.05, 0.1) is 11.6 Å². The number of aromatic nitrogens is 1. The van der Waals surface area contributed by atoms with Gasteiger partial charge in [-0.3, -0.25) is 4.99 Å². The third kappa shape index (κ3) is 4.32. The Morgan fingerprint density at radius 2 is 1.86 bits per heavy atom. The molecule has 1 aromatic carbocycles. The van der Waals surface area contributed by atoms with Gasteiger partial charge in [0.2, 0.25) is 0 Å². The molecule has 2 aromatic rings. The highest BCUT2D eigenvalue weighted by atomic mass is 35.5. The molecule has 0 radical (unpaired) electrons. The maximum Gasteiger partial charge on any atom is 0.127 e. The Morgan fingerprint density at radius 1 is 1.09 bits per heavy atom. The predicted octanol–water partition coefficient (Wildman–Crippen LogP) is 5.34. The molecular formula is C15H13Cl2N3S2. The second-order valence-electron chi connectivity index (χ2n) is 4.55. The number of benzene rings is 1. The van der Waals surface area contributed by atoms with E-state index in [9.17, 15) is 0 Å². The number of nitrogens with zero attached hydrogens (tertiary/aromatic N) is 2. The fraction of sp³-hybridized carbons (Fsp3) is 0.200. The van der Waals surface area contributed by atoms with Crippen LogP contribution in [0.3, 0.4) is 0 Å². The van der Waals surface area contributed by atoms with Gasteiger partial charge in [-0.25, -0.2) is 4.98 Å². The Kier molecular flexibility index (Phi) is 5.52. The van der Waals surface area contributed by atoms with Gasteiger partial charge in [-0.05, 0) is 29.8 Å². The van der Waals surface area contributed by atoms with E-state index in [1.165, 1.54) is 0 Å². The maximum atomic E-state index is 5.98. The summed E-state index contributed by atoms with van der Waals surface area (Å²) in [5.74, 6) is 1.83. The van der Waals surface area contributed by atoms with E-state index in [-0.39, 0.29) is 5.37 Å². The molecule has 0 spiro atoms. The van der Waals surface area contributed by atoms with Crippen molar-refractivity contribution >= 4 is 56.9 Å². The number of halogens is 2. The number of hydrogen-bond acceptors (Lipinski definition) is 5. The fourth-order valence-corrected chi connectivity index (χ4v) is 4.33. The van der Waals surface area contributed by atoms with E-state index in [0.717, 1.165) is 33.1 Å². The quantitative estimate of drug-likeness (QED) is 0.738. The Labute approximate surface area is 147 Å². The topological polar surface area (TPSA) is 37.3 Å². The first kappa shape index (κ1) is 16.0. The van der Waals surface area contributed by atoms with Crippen LogP contribution in [0.1, 0.15) is 10.9 Å². The summed E-state index contributed by atoms with van der Waals surface area (Å²) in [4.78, 5) is 8.82. The van der Waals surface area contributed by atoms with E-state index < -0.39 is 0 Å². The molecule has 1 atom stereocenters. The van der Waals surface area contributed by atoms with Crippen molar-refractivity contribution in [2.75, 3.05) is 17.6 Å². The molecule has 3 nitrogen and oxygen atoms in total. The Bertz CT molecular complexity index is 659. The van der Waals surface area contributed by atoms with Gasteiger partial charge >= 0.3 is 0 Å². The minimum Gasteiger partial charge on any atom is -0.354 e. The zero-order chi connectivity index (χ0) is 15.4. The average Bonchev–Trinajstić information content (AvgIpc) is 3.03. The van der Waals surface area contributed by atoms with Crippen LogP contribution in [-0.4, -0.2) is 21.7 Å². The summed E-state index contributed by atoms with van der Waals surface area (Å²) in [6.07, 6.45) is 1.63. The van der Waals surface area contributed by atoms with Crippen LogP contribution in [-0.2, 0) is 0 Å². The van der Waals surface area contributed by atoms with E-state index in [1.807, 2.05) is 36.4 Å². The van der Waals surface area contributed by atoms with E-state index in [1.54, 1.807) is 29.7 Å². The van der Waals surface area contributed by atoms with Crippen molar-refractivity contribution in [3.8, 4) is 0 Å². The van der Waals surface area contributed by atoms with Gasteiger partial charge in [0, 0.05) is 17.0 Å². The van der Waals surface area contributed by atoms with Crippen LogP contribution in [0.4, 0.5) is 5.82 Å². The van der Waals surface area contributed by atoms with Gasteiger partial charge < -0.3 is 5.32 Å². The molecule has 3 rings (SSSR count). The number of pyridine rings is 1. The molecule has 1 aromatic heterocycles. The lowest BCUT2D eigenvalue weighted by Crippen LogP contribution is -2.09. The number of nitrogens with one attached hydrogen (secondary N) is 1. The molecule has 0 unspecified atom stereocenters. The minimum absolute atomic E-state index is 0.0234. The largest absolute Gasteiger partial charge is 0.354 e. The van der Waals surface area contributed by atoms with Crippen LogP contribution in [0.15, 0.2) is 47.6 Å². The van der Waals surface area contributed by atoms with E-state index in [4.69, 9.17) is 23.2 Å². The van der Waals surface area contributed by atoms with E-state index in [0.29, 0.717) is 5.02 Å². The molecule has 114 valence electrons. The van der Waals surface area contributed by atoms with Crippen LogP contribution in [0.2, 0.25) is 10.0 Å². The van der Waals surface area contributed by atoms with Crippen LogP contribution >= 0.6 is 46.7 Å². The lowest BCUT2D eigenvalue weighted by Gasteiger charge is -2.19. The van der Waals surface area contributed by atoms with Crippen LogP contribution in [0.25, 0.3) is 0 Å². The summed E-state index contributed by atoms with van der Waals surface area (Å²) in [5.41, 5.74) is 1.13. The molecule has 0 saturated heterocycles. The number of thioether (sulfide) groups is 2. The van der Waals surface area contributed by atoms with Crippen molar-refractivity contribution in [2.45, 2.75) is 5.37 Å². The van der Waals surface area contributed by atoms with Gasteiger partial charge in [-0.1, -0.05) is 58.9 Å². The Morgan fingerprint density at radius 3 is 2.50 bits per heavy atom. The van der Waals surface area contributed by atoms with Crippen LogP contribution in [0.5, 0.6) is 0 Å². The monoisotopic (exact) mass is 369 g/mol. The second kappa shape index (κ2) is 7.59. The van der Waals surface area contributed by atoms with Crippen LogP contribution < -0.4 is 5.32 Å². The Hall–Kier alpha value is -0.880. The van der Waals surface area contributed by atoms with Gasteiger partial charge in [0.15, 0.2) is 0 Å². The molecule has 0 amide bonds. The second-order valence-corrected chi connectivity index (χ2v) is 7.86. The Balaban J connectivity index is 1.81. The summed E-state index contributed by atoms with van der Waals surface area (Å²) < 4.78 is 1.10. The first-order valence-corrected chi connectivity index (χ1v) is 9.30. The third-order valence-electron chi connectivity index (χ3n) is 2.96. The molecule has 1 aliphatic heterocycles. The third-order valence-corrected chi connectivity index (χ3v) is 5.79. The normalized spacial score (nSPS) is 15.5. The van der Waals surface area contributed by atoms with E-state index >= 15 is 0 Å². The predicted molar refractivity (Wildman–Crippen MR) is 99.4 cm³/mol. The maximum absolute atomic E-state index is 5.98. The highest BCUT2D eigenvalue weighted by Crippen LogP contribution is 2.36. The standard InChI is InChI=1S/C15H13Cl2N3S2/c16-11-3-1-10(2-4-11)14(22-15-18-7-8-21-15)20-13-6-5-12(17)9-19-13/h1-6,9,14H,7-8H2,(H,19,20)/t14-/m0/s1. The molecule has 1 N–H and O–H groups in total. The van der Waals surface area contributed by atoms with Crippen molar-refractivity contribution in [1.29, 1.82) is 0 Å². The number of rotatable bonds is 4. The highest BCUT2D eigenvalue weighted by Gasteiger charge is 2.18. The molecule has 22 heavy (non-hydrogen) atoms. The summed E-state index contributed by atoms with van der Waals surface area (Å²) in [7, 11) is 0. The van der Waals surface area contributed by atoms with Crippen molar-refractivity contribution in [3.63, 3.8) is 0 Å². The van der Waals surface area contributed by atoms with Gasteiger partial charge in [-0.15, -0.1) is 0 Å². The van der Waals surface area contributed by atoms with Crippen molar-refractivity contribution in [1.82, 2.24) is 4.98 Å². The molecule has 0 bridgehead atoms. The summed E-state index contributed by atoms with van der Waals surface area (Å²) in [6, 6.07) is 11.5. The molecule has 1 aliphatic rings. The lowest BCUT2D eigenvalue weighted by atomic mass is 10.2. The minimum atomic E-state index is 0.0234. The fourth-order valence-electron chi connectivity index (χ4n) is 1.90. The summed E-state index contributed by atoms with van der Waals surface area (Å²) in [5, 5.41) is 4.80. The molecule has 2 heterocycles. The zero-order valence-electron chi connectivity index (χ0n) is 11.5. The van der Waals surface area contributed by atoms with Gasteiger partial charge in [-0.2, -0.15) is 0 Å². The first-order chi connectivity index (χ1) is 10.7. The SMILES string of the molecule is Clc1ccc([C@@H](Nc2ccc(Cl)cn2)SC2=NCCS2)cc1. The van der Waals surface area contributed by atoms with Crippen molar-refractivity contribution in [2.24, 2.45) is 4.99 Å². The number of hydrogen-bond donors (Lipinski definition) is 1. The van der Waals surface area contributed by atoms with Gasteiger partial charge in [0.25, 0.3) is 0 Å². The van der Waals surface area contributed by atoms with Crippen molar-refractivity contribution in [3.05, 3.63) is 58.2 Å². The zero-order valence-corrected chi connectivity index (χ0v) is 14.6. The smallest absolute Gasteiger partial charge is 0.127 e. The average molecular weight is 370 g/mol. The molecular weight excluding hydrogens is 357 g/mol. The first-order valence-electron chi connectivity index (χ1n) is 6.68. The van der Waals surface area contributed by atoms with Crippen molar-refractivity contribution < 1.29 is 0 Å². The van der Waals surface area contributed by atoms with E-state index in [2.05, 4.69) is 15.3 Å². The molecule has 0 aliphatic carbocycles. The molecule has 7 heteroatoms. The van der Waals surface area contributed by atoms with Gasteiger partial charge in [0.1, 0.15) is 15.6 Å². The highest BCUT2D eigenvalue weighted by molar-refractivity contribution is 8.39. The molecule has 0 fully saturated rings. The van der Waals surface area contributed by atoms with Crippen LogP contribution in [0, 0.1) is 0 Å². The summed E-state index contributed by atoms with van der Waals surface area (Å²) in [6.45, 7) is 0.888. The lowest BCUT2D eigenvalue weighted by molar-refractivity contribution is 1.09. The molecule has 0 saturated carbocycles. The summed E-state index contributed by atoms with van der Waals surface area (Å²) >= 11 is 15.4. The number of anilines is 1. The number of aliphatic imine (C=N–C) groups is 1.